The maximum Gasteiger partial charge on any atom is 0.416 e. The topological polar surface area (TPSA) is 46.2 Å². The van der Waals surface area contributed by atoms with Crippen molar-refractivity contribution in [2.45, 2.75) is 37.9 Å². The van der Waals surface area contributed by atoms with Crippen molar-refractivity contribution in [1.29, 1.82) is 0 Å². The fourth-order valence-electron chi connectivity index (χ4n) is 2.92. The molecule has 0 aromatic heterocycles. The molecule has 0 amide bonds. The summed E-state index contributed by atoms with van der Waals surface area (Å²) in [7, 11) is 0. The molecule has 30 heavy (non-hydrogen) atoms. The van der Waals surface area contributed by atoms with Crippen LogP contribution in [0.4, 0.5) is 36.4 Å². The van der Waals surface area contributed by atoms with Gasteiger partial charge in [0, 0.05) is 5.69 Å². The molecule has 10 heteroatoms. The van der Waals surface area contributed by atoms with Crippen LogP contribution in [0.3, 0.4) is 0 Å². The van der Waals surface area contributed by atoms with Crippen molar-refractivity contribution in [2.24, 2.45) is 0 Å². The molecule has 0 aliphatic rings. The maximum atomic E-state index is 15.5. The number of nitrogens with one attached hydrogen (secondary N) is 1. The second-order valence-electron chi connectivity index (χ2n) is 6.61. The molecule has 0 aliphatic carbocycles. The standard InChI is InChI=1S/C20H16F7NO2/c1-11(29)18(21,12(2)30)17(13-6-4-3-5-7-13)28-16-9-14(19(22,23)24)8-15(10-16)20(25,26)27/h3-10,17,28H,1-2H3. The molecule has 0 spiro atoms. The van der Waals surface area contributed by atoms with Crippen LogP contribution in [0.15, 0.2) is 48.5 Å². The Kier molecular flexibility index (Phi) is 6.29. The molecule has 0 aliphatic heterocycles. The molecule has 0 saturated heterocycles. The van der Waals surface area contributed by atoms with E-state index in [0.29, 0.717) is 12.1 Å². The van der Waals surface area contributed by atoms with E-state index in [2.05, 4.69) is 5.32 Å². The van der Waals surface area contributed by atoms with E-state index in [0.717, 1.165) is 13.8 Å². The summed E-state index contributed by atoms with van der Waals surface area (Å²) < 4.78 is 94.2. The van der Waals surface area contributed by atoms with Gasteiger partial charge in [-0.2, -0.15) is 26.3 Å². The number of ketones is 2. The van der Waals surface area contributed by atoms with Crippen molar-refractivity contribution in [3.8, 4) is 0 Å². The van der Waals surface area contributed by atoms with E-state index in [1.807, 2.05) is 0 Å². The number of hydrogen-bond acceptors (Lipinski definition) is 3. The molecule has 162 valence electrons. The largest absolute Gasteiger partial charge is 0.416 e. The normalized spacial score (nSPS) is 13.6. The van der Waals surface area contributed by atoms with Gasteiger partial charge in [0.1, 0.15) is 6.04 Å². The highest BCUT2D eigenvalue weighted by molar-refractivity contribution is 6.09. The molecule has 0 fully saturated rings. The molecule has 1 N–H and O–H groups in total. The van der Waals surface area contributed by atoms with Gasteiger partial charge in [-0.1, -0.05) is 30.3 Å². The number of halogens is 7. The van der Waals surface area contributed by atoms with Crippen LogP contribution in [0.5, 0.6) is 0 Å². The van der Waals surface area contributed by atoms with Crippen LogP contribution in [0, 0.1) is 0 Å². The Morgan fingerprint density at radius 3 is 1.57 bits per heavy atom. The number of rotatable bonds is 6. The summed E-state index contributed by atoms with van der Waals surface area (Å²) in [5, 5.41) is 2.21. The average molecular weight is 435 g/mol. The highest BCUT2D eigenvalue weighted by atomic mass is 19.4. The number of alkyl halides is 7. The van der Waals surface area contributed by atoms with Gasteiger partial charge in [0.05, 0.1) is 11.1 Å². The number of carbonyl (C=O) groups is 2. The van der Waals surface area contributed by atoms with Crippen LogP contribution in [-0.4, -0.2) is 17.2 Å². The van der Waals surface area contributed by atoms with Gasteiger partial charge in [-0.25, -0.2) is 4.39 Å². The molecular weight excluding hydrogens is 419 g/mol. The molecule has 0 heterocycles. The molecule has 2 aromatic rings. The first kappa shape index (κ1) is 23.4. The van der Waals surface area contributed by atoms with Gasteiger partial charge in [0.15, 0.2) is 11.6 Å². The van der Waals surface area contributed by atoms with Crippen molar-refractivity contribution < 1.29 is 40.3 Å². The molecule has 0 bridgehead atoms. The van der Waals surface area contributed by atoms with E-state index >= 15 is 4.39 Å². The van der Waals surface area contributed by atoms with Crippen LogP contribution in [-0.2, 0) is 21.9 Å². The van der Waals surface area contributed by atoms with Gasteiger partial charge in [-0.05, 0) is 37.6 Å². The minimum absolute atomic E-state index is 0.0172. The second kappa shape index (κ2) is 8.08. The summed E-state index contributed by atoms with van der Waals surface area (Å²) in [6, 6.07) is 5.69. The molecular formula is C20H16F7NO2. The zero-order valence-electron chi connectivity index (χ0n) is 15.7. The van der Waals surface area contributed by atoms with Crippen LogP contribution < -0.4 is 5.32 Å². The smallest absolute Gasteiger partial charge is 0.374 e. The Balaban J connectivity index is 2.69. The average Bonchev–Trinajstić information content (AvgIpc) is 2.64. The highest BCUT2D eigenvalue weighted by Gasteiger charge is 2.49. The van der Waals surface area contributed by atoms with Crippen molar-refractivity contribution in [3.05, 3.63) is 65.2 Å². The van der Waals surface area contributed by atoms with E-state index < -0.39 is 52.4 Å². The quantitative estimate of drug-likeness (QED) is 0.463. The number of Topliss-reactive ketones (excluding diaryl/α,β-unsaturated/α-hetero) is 2. The zero-order valence-corrected chi connectivity index (χ0v) is 15.7. The molecule has 0 saturated carbocycles. The monoisotopic (exact) mass is 435 g/mol. The molecule has 2 aromatic carbocycles. The summed E-state index contributed by atoms with van der Waals surface area (Å²) in [4.78, 5) is 23.9. The van der Waals surface area contributed by atoms with Gasteiger partial charge in [-0.3, -0.25) is 9.59 Å². The maximum absolute atomic E-state index is 15.5. The van der Waals surface area contributed by atoms with Gasteiger partial charge in [-0.15, -0.1) is 0 Å². The summed E-state index contributed by atoms with van der Waals surface area (Å²) in [6.45, 7) is 1.54. The van der Waals surface area contributed by atoms with Crippen molar-refractivity contribution in [1.82, 2.24) is 0 Å². The minimum Gasteiger partial charge on any atom is -0.374 e. The predicted molar refractivity (Wildman–Crippen MR) is 94.5 cm³/mol. The highest BCUT2D eigenvalue weighted by Crippen LogP contribution is 2.40. The lowest BCUT2D eigenvalue weighted by molar-refractivity contribution is -0.144. The van der Waals surface area contributed by atoms with Gasteiger partial charge >= 0.3 is 12.4 Å². The third-order valence-electron chi connectivity index (χ3n) is 4.45. The summed E-state index contributed by atoms with van der Waals surface area (Å²) >= 11 is 0. The first-order chi connectivity index (χ1) is 13.7. The molecule has 2 rings (SSSR count). The van der Waals surface area contributed by atoms with E-state index in [1.165, 1.54) is 30.3 Å². The van der Waals surface area contributed by atoms with Crippen LogP contribution >= 0.6 is 0 Å². The van der Waals surface area contributed by atoms with Crippen molar-refractivity contribution in [2.75, 3.05) is 5.32 Å². The summed E-state index contributed by atoms with van der Waals surface area (Å²) in [6.07, 6.45) is -10.2. The van der Waals surface area contributed by atoms with E-state index in [9.17, 15) is 35.9 Å². The van der Waals surface area contributed by atoms with Gasteiger partial charge in [0.2, 0.25) is 5.67 Å². The van der Waals surface area contributed by atoms with Crippen LogP contribution in [0.25, 0.3) is 0 Å². The molecule has 1 unspecified atom stereocenters. The third-order valence-corrected chi connectivity index (χ3v) is 4.45. The van der Waals surface area contributed by atoms with Gasteiger partial charge in [0.25, 0.3) is 0 Å². The molecule has 1 atom stereocenters. The molecule has 0 radical (unpaired) electrons. The van der Waals surface area contributed by atoms with Gasteiger partial charge < -0.3 is 5.32 Å². The van der Waals surface area contributed by atoms with Crippen LogP contribution in [0.1, 0.15) is 36.6 Å². The first-order valence-electron chi connectivity index (χ1n) is 8.49. The Hall–Kier alpha value is -2.91. The van der Waals surface area contributed by atoms with Crippen molar-refractivity contribution >= 4 is 17.3 Å². The number of carbonyl (C=O) groups excluding carboxylic acids is 2. The number of benzene rings is 2. The fourth-order valence-corrected chi connectivity index (χ4v) is 2.92. The third kappa shape index (κ3) is 4.80. The second-order valence-corrected chi connectivity index (χ2v) is 6.61. The van der Waals surface area contributed by atoms with E-state index in [4.69, 9.17) is 0 Å². The Morgan fingerprint density at radius 1 is 0.767 bits per heavy atom. The minimum atomic E-state index is -5.12. The van der Waals surface area contributed by atoms with Crippen molar-refractivity contribution in [3.63, 3.8) is 0 Å². The first-order valence-corrected chi connectivity index (χ1v) is 8.49. The Bertz CT molecular complexity index is 890. The predicted octanol–water partition coefficient (Wildman–Crippen LogP) is 5.76. The lowest BCUT2D eigenvalue weighted by atomic mass is 9.83. The zero-order chi connectivity index (χ0) is 22.9. The fraction of sp³-hybridized carbons (Fsp3) is 0.300. The summed E-state index contributed by atoms with van der Waals surface area (Å²) in [5.74, 6) is -2.50. The SMILES string of the molecule is CC(=O)C(F)(C(C)=O)C(Nc1cc(C(F)(F)F)cc(C(F)(F)F)c1)c1ccccc1. The van der Waals surface area contributed by atoms with E-state index in [1.54, 1.807) is 0 Å². The molecule has 3 nitrogen and oxygen atoms in total. The Morgan fingerprint density at radius 2 is 1.20 bits per heavy atom. The van der Waals surface area contributed by atoms with Crippen LogP contribution in [0.2, 0.25) is 0 Å². The number of hydrogen-bond donors (Lipinski definition) is 1. The van der Waals surface area contributed by atoms with E-state index in [-0.39, 0.29) is 11.6 Å². The number of anilines is 1. The summed E-state index contributed by atoms with van der Waals surface area (Å²) in [5.41, 5.74) is -7.25. The Labute approximate surface area is 166 Å². The lowest BCUT2D eigenvalue weighted by Crippen LogP contribution is -2.48. The lowest BCUT2D eigenvalue weighted by Gasteiger charge is -2.32.